The lowest BCUT2D eigenvalue weighted by Gasteiger charge is -2.09. The van der Waals surface area contributed by atoms with Crippen molar-refractivity contribution >= 4 is 5.78 Å². The first-order valence-corrected chi connectivity index (χ1v) is 6.55. The van der Waals surface area contributed by atoms with Gasteiger partial charge in [-0.25, -0.2) is 0 Å². The van der Waals surface area contributed by atoms with Crippen LogP contribution in [0, 0.1) is 0 Å². The Kier molecular flexibility index (Phi) is 4.40. The summed E-state index contributed by atoms with van der Waals surface area (Å²) >= 11 is 0. The number of Topliss-reactive ketones (excluding diaryl/α,β-unsaturated/α-hetero) is 1. The van der Waals surface area contributed by atoms with E-state index in [0.717, 1.165) is 17.7 Å². The third-order valence-electron chi connectivity index (χ3n) is 3.16. The summed E-state index contributed by atoms with van der Waals surface area (Å²) < 4.78 is 37.9. The molecule has 0 atom stereocenters. The number of alkyl halides is 3. The third-order valence-corrected chi connectivity index (χ3v) is 3.16. The number of halogens is 3. The van der Waals surface area contributed by atoms with Crippen molar-refractivity contribution in [1.29, 1.82) is 0 Å². The predicted molar refractivity (Wildman–Crippen MR) is 73.1 cm³/mol. The molecule has 110 valence electrons. The van der Waals surface area contributed by atoms with Crippen molar-refractivity contribution in [3.8, 4) is 0 Å². The van der Waals surface area contributed by atoms with Gasteiger partial charge in [0.05, 0.1) is 5.56 Å². The highest BCUT2D eigenvalue weighted by molar-refractivity contribution is 5.97. The van der Waals surface area contributed by atoms with Crippen LogP contribution in [0.2, 0.25) is 0 Å². The molecule has 0 amide bonds. The SMILES string of the molecule is CCc1cccnc1C(=O)Cc1cccc(C(F)(F)F)c1. The number of aromatic nitrogens is 1. The number of ketones is 1. The van der Waals surface area contributed by atoms with Crippen molar-refractivity contribution in [3.05, 3.63) is 65.0 Å². The molecular weight excluding hydrogens is 279 g/mol. The van der Waals surface area contributed by atoms with Crippen molar-refractivity contribution in [3.63, 3.8) is 0 Å². The van der Waals surface area contributed by atoms with Gasteiger partial charge in [-0.15, -0.1) is 0 Å². The normalized spacial score (nSPS) is 11.4. The highest BCUT2D eigenvalue weighted by Crippen LogP contribution is 2.29. The Morgan fingerprint density at radius 2 is 1.95 bits per heavy atom. The number of aryl methyl sites for hydroxylation is 1. The fourth-order valence-corrected chi connectivity index (χ4v) is 2.10. The summed E-state index contributed by atoms with van der Waals surface area (Å²) in [6.07, 6.45) is -2.33. The number of benzene rings is 1. The highest BCUT2D eigenvalue weighted by Gasteiger charge is 2.30. The van der Waals surface area contributed by atoms with Crippen LogP contribution < -0.4 is 0 Å². The quantitative estimate of drug-likeness (QED) is 0.795. The number of carbonyl (C=O) groups excluding carboxylic acids is 1. The van der Waals surface area contributed by atoms with E-state index in [4.69, 9.17) is 0 Å². The Morgan fingerprint density at radius 3 is 2.62 bits per heavy atom. The second-order valence-corrected chi connectivity index (χ2v) is 4.66. The van der Waals surface area contributed by atoms with Gasteiger partial charge in [0.15, 0.2) is 5.78 Å². The van der Waals surface area contributed by atoms with E-state index in [1.807, 2.05) is 6.92 Å². The molecule has 0 aliphatic rings. The number of hydrogen-bond acceptors (Lipinski definition) is 2. The van der Waals surface area contributed by atoms with E-state index < -0.39 is 11.7 Å². The molecule has 0 aliphatic heterocycles. The average molecular weight is 293 g/mol. The minimum atomic E-state index is -4.40. The molecule has 5 heteroatoms. The van der Waals surface area contributed by atoms with Gasteiger partial charge >= 0.3 is 6.18 Å². The van der Waals surface area contributed by atoms with Crippen LogP contribution in [0.5, 0.6) is 0 Å². The van der Waals surface area contributed by atoms with Crippen LogP contribution in [0.3, 0.4) is 0 Å². The lowest BCUT2D eigenvalue weighted by Crippen LogP contribution is -2.11. The lowest BCUT2D eigenvalue weighted by atomic mass is 10.0. The van der Waals surface area contributed by atoms with Gasteiger partial charge in [-0.1, -0.05) is 31.2 Å². The fourth-order valence-electron chi connectivity index (χ4n) is 2.10. The molecule has 0 bridgehead atoms. The maximum atomic E-state index is 12.6. The molecule has 2 aromatic rings. The lowest BCUT2D eigenvalue weighted by molar-refractivity contribution is -0.137. The van der Waals surface area contributed by atoms with Gasteiger partial charge in [0.25, 0.3) is 0 Å². The van der Waals surface area contributed by atoms with Crippen molar-refractivity contribution in [2.24, 2.45) is 0 Å². The summed E-state index contributed by atoms with van der Waals surface area (Å²) in [4.78, 5) is 16.3. The first kappa shape index (κ1) is 15.2. The second kappa shape index (κ2) is 6.08. The first-order chi connectivity index (χ1) is 9.91. The smallest absolute Gasteiger partial charge is 0.292 e. The largest absolute Gasteiger partial charge is 0.416 e. The molecule has 0 radical (unpaired) electrons. The Bertz CT molecular complexity index is 650. The molecule has 0 aliphatic carbocycles. The van der Waals surface area contributed by atoms with Crippen LogP contribution in [-0.4, -0.2) is 10.8 Å². The molecule has 1 aromatic heterocycles. The second-order valence-electron chi connectivity index (χ2n) is 4.66. The maximum Gasteiger partial charge on any atom is 0.416 e. The van der Waals surface area contributed by atoms with E-state index in [1.54, 1.807) is 12.1 Å². The van der Waals surface area contributed by atoms with Crippen LogP contribution in [0.4, 0.5) is 13.2 Å². The van der Waals surface area contributed by atoms with E-state index in [0.29, 0.717) is 17.7 Å². The van der Waals surface area contributed by atoms with Crippen LogP contribution >= 0.6 is 0 Å². The molecule has 0 saturated carbocycles. The Labute approximate surface area is 120 Å². The number of carbonyl (C=O) groups is 1. The highest BCUT2D eigenvalue weighted by atomic mass is 19.4. The van der Waals surface area contributed by atoms with Crippen molar-refractivity contribution in [2.75, 3.05) is 0 Å². The summed E-state index contributed by atoms with van der Waals surface area (Å²) in [5, 5.41) is 0. The predicted octanol–water partition coefficient (Wildman–Crippen LogP) is 4.09. The van der Waals surface area contributed by atoms with Crippen molar-refractivity contribution in [1.82, 2.24) is 4.98 Å². The van der Waals surface area contributed by atoms with Crippen molar-refractivity contribution < 1.29 is 18.0 Å². The number of hydrogen-bond donors (Lipinski definition) is 0. The first-order valence-electron chi connectivity index (χ1n) is 6.55. The molecule has 0 fully saturated rings. The van der Waals surface area contributed by atoms with E-state index in [2.05, 4.69) is 4.98 Å². The Morgan fingerprint density at radius 1 is 1.19 bits per heavy atom. The van der Waals surface area contributed by atoms with E-state index in [-0.39, 0.29) is 12.2 Å². The topological polar surface area (TPSA) is 30.0 Å². The zero-order valence-corrected chi connectivity index (χ0v) is 11.4. The molecular formula is C16H14F3NO. The van der Waals surface area contributed by atoms with E-state index in [1.165, 1.54) is 18.3 Å². The van der Waals surface area contributed by atoms with Gasteiger partial charge in [0.1, 0.15) is 5.69 Å². The molecule has 0 spiro atoms. The molecule has 2 rings (SSSR count). The molecule has 0 saturated heterocycles. The molecule has 0 unspecified atom stereocenters. The molecule has 1 heterocycles. The minimum Gasteiger partial charge on any atom is -0.292 e. The van der Waals surface area contributed by atoms with Crippen molar-refractivity contribution in [2.45, 2.75) is 25.9 Å². The third kappa shape index (κ3) is 3.68. The number of pyridine rings is 1. The molecule has 0 N–H and O–H groups in total. The summed E-state index contributed by atoms with van der Waals surface area (Å²) in [6.45, 7) is 1.90. The van der Waals surface area contributed by atoms with Crippen LogP contribution in [0.15, 0.2) is 42.6 Å². The standard InChI is InChI=1S/C16H14F3NO/c1-2-12-6-4-8-20-15(12)14(21)10-11-5-3-7-13(9-11)16(17,18)19/h3-9H,2,10H2,1H3. The monoisotopic (exact) mass is 293 g/mol. The number of rotatable bonds is 4. The van der Waals surface area contributed by atoms with Crippen LogP contribution in [0.25, 0.3) is 0 Å². The fraction of sp³-hybridized carbons (Fsp3) is 0.250. The van der Waals surface area contributed by atoms with Gasteiger partial charge < -0.3 is 0 Å². The molecule has 1 aromatic carbocycles. The van der Waals surface area contributed by atoms with Gasteiger partial charge in [-0.05, 0) is 29.7 Å². The Balaban J connectivity index is 2.24. The van der Waals surface area contributed by atoms with E-state index in [9.17, 15) is 18.0 Å². The molecule has 2 nitrogen and oxygen atoms in total. The summed E-state index contributed by atoms with van der Waals surface area (Å²) in [6, 6.07) is 8.36. The number of nitrogens with zero attached hydrogens (tertiary/aromatic N) is 1. The van der Waals surface area contributed by atoms with E-state index >= 15 is 0 Å². The molecule has 21 heavy (non-hydrogen) atoms. The zero-order chi connectivity index (χ0) is 15.5. The zero-order valence-electron chi connectivity index (χ0n) is 11.4. The van der Waals surface area contributed by atoms with Crippen LogP contribution in [0.1, 0.15) is 34.1 Å². The minimum absolute atomic E-state index is 0.0894. The van der Waals surface area contributed by atoms with Gasteiger partial charge in [0.2, 0.25) is 0 Å². The van der Waals surface area contributed by atoms with Gasteiger partial charge in [0, 0.05) is 12.6 Å². The maximum absolute atomic E-state index is 12.6. The Hall–Kier alpha value is -2.17. The average Bonchev–Trinajstić information content (AvgIpc) is 2.46. The summed E-state index contributed by atoms with van der Waals surface area (Å²) in [5.74, 6) is -0.272. The van der Waals surface area contributed by atoms with Gasteiger partial charge in [-0.3, -0.25) is 9.78 Å². The summed E-state index contributed by atoms with van der Waals surface area (Å²) in [5.41, 5.74) is 0.721. The summed E-state index contributed by atoms with van der Waals surface area (Å²) in [7, 11) is 0. The van der Waals surface area contributed by atoms with Crippen LogP contribution in [-0.2, 0) is 19.0 Å². The van der Waals surface area contributed by atoms with Gasteiger partial charge in [-0.2, -0.15) is 13.2 Å².